The lowest BCUT2D eigenvalue weighted by atomic mass is 10.1. The molecule has 0 saturated carbocycles. The van der Waals surface area contributed by atoms with Gasteiger partial charge in [0.05, 0.1) is 40.7 Å². The van der Waals surface area contributed by atoms with Crippen LogP contribution in [0.1, 0.15) is 23.1 Å². The molecule has 33 heavy (non-hydrogen) atoms. The molecule has 0 fully saturated rings. The summed E-state index contributed by atoms with van der Waals surface area (Å²) in [5.41, 5.74) is 5.77. The average molecular weight is 462 g/mol. The van der Waals surface area contributed by atoms with E-state index in [2.05, 4.69) is 5.32 Å². The van der Waals surface area contributed by atoms with Crippen molar-refractivity contribution in [1.82, 2.24) is 0 Å². The Morgan fingerprint density at radius 2 is 1.76 bits per heavy atom. The predicted molar refractivity (Wildman–Crippen MR) is 134 cm³/mol. The highest BCUT2D eigenvalue weighted by atomic mass is 32.2. The number of thioether (sulfide) groups is 1. The molecule has 168 valence electrons. The number of nitrogens with one attached hydrogen (secondary N) is 1. The van der Waals surface area contributed by atoms with Gasteiger partial charge < -0.3 is 10.1 Å². The largest absolute Gasteiger partial charge is 0.497 e. The molecule has 1 heterocycles. The summed E-state index contributed by atoms with van der Waals surface area (Å²) in [6.45, 7) is 4.09. The van der Waals surface area contributed by atoms with E-state index >= 15 is 0 Å². The van der Waals surface area contributed by atoms with Crippen molar-refractivity contribution in [2.45, 2.75) is 20.3 Å². The zero-order chi connectivity index (χ0) is 23.4. The van der Waals surface area contributed by atoms with Crippen LogP contribution in [0, 0.1) is 19.7 Å². The number of anilines is 1. The van der Waals surface area contributed by atoms with Crippen LogP contribution in [-0.4, -0.2) is 29.5 Å². The molecule has 1 aliphatic rings. The molecule has 1 amide bonds. The SMILES string of the molecule is COc1cccc(C2=Nc3cc(C)c(C)cc3N=C(SCC(=O)Nc3ccccc3F)C2)c1. The molecule has 5 nitrogen and oxygen atoms in total. The number of carbonyl (C=O) groups excluding carboxylic acids is 1. The van der Waals surface area contributed by atoms with Crippen molar-refractivity contribution in [3.63, 3.8) is 0 Å². The third-order valence-electron chi connectivity index (χ3n) is 5.33. The van der Waals surface area contributed by atoms with Gasteiger partial charge in [-0.25, -0.2) is 9.38 Å². The van der Waals surface area contributed by atoms with E-state index in [-0.39, 0.29) is 17.3 Å². The maximum absolute atomic E-state index is 13.9. The average Bonchev–Trinajstić information content (AvgIpc) is 2.98. The minimum absolute atomic E-state index is 0.110. The number of ether oxygens (including phenoxy) is 1. The quantitative estimate of drug-likeness (QED) is 0.480. The fraction of sp³-hybridized carbons (Fsp3) is 0.192. The molecule has 4 rings (SSSR count). The highest BCUT2D eigenvalue weighted by Crippen LogP contribution is 2.36. The number of amides is 1. The van der Waals surface area contributed by atoms with Gasteiger partial charge in [-0.15, -0.1) is 11.8 Å². The van der Waals surface area contributed by atoms with E-state index < -0.39 is 5.82 Å². The van der Waals surface area contributed by atoms with Crippen LogP contribution >= 0.6 is 11.8 Å². The highest BCUT2D eigenvalue weighted by molar-refractivity contribution is 8.14. The van der Waals surface area contributed by atoms with Gasteiger partial charge in [0.2, 0.25) is 5.91 Å². The Morgan fingerprint density at radius 3 is 2.48 bits per heavy atom. The van der Waals surface area contributed by atoms with Crippen LogP contribution in [0.2, 0.25) is 0 Å². The number of aryl methyl sites for hydroxylation is 2. The molecule has 3 aromatic rings. The summed E-state index contributed by atoms with van der Waals surface area (Å²) in [4.78, 5) is 22.2. The van der Waals surface area contributed by atoms with Crippen molar-refractivity contribution in [1.29, 1.82) is 0 Å². The van der Waals surface area contributed by atoms with E-state index in [4.69, 9.17) is 14.7 Å². The molecule has 3 aromatic carbocycles. The molecule has 1 N–H and O–H groups in total. The zero-order valence-electron chi connectivity index (χ0n) is 18.7. The number of hydrogen-bond acceptors (Lipinski definition) is 5. The maximum atomic E-state index is 13.9. The van der Waals surface area contributed by atoms with Crippen molar-refractivity contribution >= 4 is 45.5 Å². The summed E-state index contributed by atoms with van der Waals surface area (Å²) < 4.78 is 19.2. The standard InChI is InChI=1S/C26H24FN3O2S/c1-16-11-23-24(12-17(16)2)30-26(14-22(28-23)18-7-6-8-19(13-18)32-3)33-15-25(31)29-21-10-5-4-9-20(21)27/h4-13H,14-15H2,1-3H3,(H,29,31). The van der Waals surface area contributed by atoms with Gasteiger partial charge in [-0.1, -0.05) is 24.3 Å². The summed E-state index contributed by atoms with van der Waals surface area (Å²) >= 11 is 1.33. The first-order chi connectivity index (χ1) is 15.9. The molecule has 0 bridgehead atoms. The summed E-state index contributed by atoms with van der Waals surface area (Å²) in [5, 5.41) is 3.39. The Labute approximate surface area is 196 Å². The number of benzene rings is 3. The molecule has 0 aliphatic carbocycles. The van der Waals surface area contributed by atoms with Gasteiger partial charge in [0.1, 0.15) is 11.6 Å². The Bertz CT molecular complexity index is 1270. The van der Waals surface area contributed by atoms with Gasteiger partial charge in [-0.3, -0.25) is 9.79 Å². The lowest BCUT2D eigenvalue weighted by Gasteiger charge is -2.09. The second-order valence-electron chi connectivity index (χ2n) is 7.71. The number of halogens is 1. The monoisotopic (exact) mass is 461 g/mol. The van der Waals surface area contributed by atoms with Crippen molar-refractivity contribution in [2.24, 2.45) is 9.98 Å². The number of para-hydroxylation sites is 1. The van der Waals surface area contributed by atoms with Crippen molar-refractivity contribution in [3.8, 4) is 5.75 Å². The first-order valence-corrected chi connectivity index (χ1v) is 11.5. The van der Waals surface area contributed by atoms with Gasteiger partial charge in [0, 0.05) is 12.0 Å². The van der Waals surface area contributed by atoms with Crippen LogP contribution in [0.5, 0.6) is 5.75 Å². The van der Waals surface area contributed by atoms with E-state index in [0.29, 0.717) is 6.42 Å². The summed E-state index contributed by atoms with van der Waals surface area (Å²) in [5.74, 6) is 0.0981. The summed E-state index contributed by atoms with van der Waals surface area (Å²) in [6.07, 6.45) is 0.470. The number of nitrogens with zero attached hydrogens (tertiary/aromatic N) is 2. The first kappa shape index (κ1) is 22.7. The second-order valence-corrected chi connectivity index (χ2v) is 8.76. The van der Waals surface area contributed by atoms with Gasteiger partial charge in [0.25, 0.3) is 0 Å². The minimum Gasteiger partial charge on any atom is -0.497 e. The van der Waals surface area contributed by atoms with Crippen LogP contribution in [0.15, 0.2) is 70.6 Å². The predicted octanol–water partition coefficient (Wildman–Crippen LogP) is 6.38. The summed E-state index contributed by atoms with van der Waals surface area (Å²) in [7, 11) is 1.63. The van der Waals surface area contributed by atoms with Gasteiger partial charge in [0.15, 0.2) is 0 Å². The minimum atomic E-state index is -0.463. The lowest BCUT2D eigenvalue weighted by molar-refractivity contribution is -0.113. The fourth-order valence-corrected chi connectivity index (χ4v) is 4.19. The topological polar surface area (TPSA) is 63.1 Å². The molecule has 0 spiro atoms. The number of aliphatic imine (C=N–C) groups is 2. The van der Waals surface area contributed by atoms with E-state index in [1.54, 1.807) is 19.2 Å². The molecule has 0 unspecified atom stereocenters. The van der Waals surface area contributed by atoms with Crippen LogP contribution in [0.4, 0.5) is 21.5 Å². The Hall–Kier alpha value is -3.45. The molecule has 7 heteroatoms. The van der Waals surface area contributed by atoms with Crippen LogP contribution in [-0.2, 0) is 4.79 Å². The number of hydrogen-bond donors (Lipinski definition) is 1. The fourth-order valence-electron chi connectivity index (χ4n) is 3.42. The third-order valence-corrected chi connectivity index (χ3v) is 6.31. The lowest BCUT2D eigenvalue weighted by Crippen LogP contribution is -2.17. The normalized spacial score (nSPS) is 12.8. The van der Waals surface area contributed by atoms with Crippen molar-refractivity contribution in [3.05, 3.63) is 83.2 Å². The molecular formula is C26H24FN3O2S. The van der Waals surface area contributed by atoms with E-state index in [1.165, 1.54) is 23.9 Å². The molecule has 0 saturated heterocycles. The van der Waals surface area contributed by atoms with Gasteiger partial charge in [-0.05, 0) is 61.4 Å². The summed E-state index contributed by atoms with van der Waals surface area (Å²) in [6, 6.07) is 17.9. The van der Waals surface area contributed by atoms with Crippen LogP contribution in [0.3, 0.4) is 0 Å². The Balaban J connectivity index is 1.61. The maximum Gasteiger partial charge on any atom is 0.234 e. The van der Waals surface area contributed by atoms with Gasteiger partial charge >= 0.3 is 0 Å². The number of rotatable bonds is 5. The zero-order valence-corrected chi connectivity index (χ0v) is 19.5. The van der Waals surface area contributed by atoms with Crippen LogP contribution in [0.25, 0.3) is 0 Å². The van der Waals surface area contributed by atoms with Gasteiger partial charge in [-0.2, -0.15) is 0 Å². The highest BCUT2D eigenvalue weighted by Gasteiger charge is 2.18. The number of methoxy groups -OCH3 is 1. The number of carbonyl (C=O) groups is 1. The van der Waals surface area contributed by atoms with E-state index in [9.17, 15) is 9.18 Å². The smallest absolute Gasteiger partial charge is 0.234 e. The molecule has 0 radical (unpaired) electrons. The Morgan fingerprint density at radius 1 is 1.03 bits per heavy atom. The van der Waals surface area contributed by atoms with Crippen molar-refractivity contribution < 1.29 is 13.9 Å². The van der Waals surface area contributed by atoms with E-state index in [1.807, 2.05) is 50.2 Å². The molecule has 0 atom stereocenters. The molecule has 1 aliphatic heterocycles. The number of fused-ring (bicyclic) bond motifs is 1. The Kier molecular flexibility index (Phi) is 6.89. The second kappa shape index (κ2) is 10.0. The molecular weight excluding hydrogens is 437 g/mol. The van der Waals surface area contributed by atoms with E-state index in [0.717, 1.165) is 44.6 Å². The van der Waals surface area contributed by atoms with Crippen molar-refractivity contribution in [2.75, 3.05) is 18.2 Å². The molecule has 0 aromatic heterocycles. The first-order valence-electron chi connectivity index (χ1n) is 10.5. The third kappa shape index (κ3) is 5.49. The van der Waals surface area contributed by atoms with Crippen LogP contribution < -0.4 is 10.1 Å².